The molecule has 17 heavy (non-hydrogen) atoms. The fourth-order valence-corrected chi connectivity index (χ4v) is 2.60. The van der Waals surface area contributed by atoms with Gasteiger partial charge in [0.15, 0.2) is 0 Å². The Kier molecular flexibility index (Phi) is 4.14. The molecule has 2 nitrogen and oxygen atoms in total. The van der Waals surface area contributed by atoms with Crippen LogP contribution in [0.15, 0.2) is 23.5 Å². The third-order valence-electron chi connectivity index (χ3n) is 4.03. The maximum atomic E-state index is 2.55. The van der Waals surface area contributed by atoms with Crippen LogP contribution in [0.5, 0.6) is 0 Å². The maximum absolute atomic E-state index is 2.55. The second-order valence-electron chi connectivity index (χ2n) is 5.46. The van der Waals surface area contributed by atoms with Gasteiger partial charge >= 0.3 is 0 Å². The van der Waals surface area contributed by atoms with Gasteiger partial charge in [0.05, 0.1) is 0 Å². The topological polar surface area (TPSA) is 6.25 Å². The lowest BCUT2D eigenvalue weighted by Gasteiger charge is -2.24. The van der Waals surface area contributed by atoms with Crippen LogP contribution in [-0.2, 0) is 0 Å². The van der Waals surface area contributed by atoms with Crippen molar-refractivity contribution >= 4 is 0 Å². The average Bonchev–Trinajstić information content (AvgIpc) is 3.02. The highest BCUT2D eigenvalue weighted by Crippen LogP contribution is 2.30. The molecule has 2 aliphatic rings. The van der Waals surface area contributed by atoms with Gasteiger partial charge in [0, 0.05) is 37.6 Å². The van der Waals surface area contributed by atoms with Gasteiger partial charge in [-0.05, 0) is 46.0 Å². The first-order valence-corrected chi connectivity index (χ1v) is 7.02. The minimum Gasteiger partial charge on any atom is -0.377 e. The number of hydrogen-bond acceptors (Lipinski definition) is 2. The number of rotatable bonds is 1. The molecule has 0 N–H and O–H groups in total. The number of hydrogen-bond donors (Lipinski definition) is 0. The van der Waals surface area contributed by atoms with Crippen LogP contribution in [0.25, 0.3) is 0 Å². The van der Waals surface area contributed by atoms with Crippen molar-refractivity contribution in [3.05, 3.63) is 23.5 Å². The lowest BCUT2D eigenvalue weighted by atomic mass is 10.2. The van der Waals surface area contributed by atoms with Crippen molar-refractivity contribution in [3.8, 4) is 0 Å². The van der Waals surface area contributed by atoms with E-state index in [2.05, 4.69) is 42.8 Å². The monoisotopic (exact) mass is 234 g/mol. The Balaban J connectivity index is 2.11. The Labute approximate surface area is 106 Å². The molecule has 1 unspecified atom stereocenters. The Morgan fingerprint density at radius 3 is 2.59 bits per heavy atom. The van der Waals surface area contributed by atoms with Gasteiger partial charge in [0.1, 0.15) is 0 Å². The molecule has 2 rings (SSSR count). The minimum absolute atomic E-state index is 0.766. The second kappa shape index (κ2) is 5.61. The highest BCUT2D eigenvalue weighted by atomic mass is 15.3. The fourth-order valence-electron chi connectivity index (χ4n) is 2.60. The van der Waals surface area contributed by atoms with Gasteiger partial charge in [-0.25, -0.2) is 0 Å². The summed E-state index contributed by atoms with van der Waals surface area (Å²) < 4.78 is 0. The van der Waals surface area contributed by atoms with Gasteiger partial charge < -0.3 is 9.80 Å². The first-order valence-electron chi connectivity index (χ1n) is 7.02. The van der Waals surface area contributed by atoms with E-state index in [1.165, 1.54) is 50.9 Å². The molecule has 96 valence electrons. The van der Waals surface area contributed by atoms with Gasteiger partial charge in [-0.3, -0.25) is 0 Å². The van der Waals surface area contributed by atoms with E-state index in [9.17, 15) is 0 Å². The van der Waals surface area contributed by atoms with E-state index >= 15 is 0 Å². The third-order valence-corrected chi connectivity index (χ3v) is 4.03. The zero-order valence-electron chi connectivity index (χ0n) is 11.6. The van der Waals surface area contributed by atoms with Crippen LogP contribution >= 0.6 is 0 Å². The first kappa shape index (κ1) is 12.5. The Morgan fingerprint density at radius 2 is 1.88 bits per heavy atom. The molecular formula is C15H26N2. The zero-order chi connectivity index (χ0) is 12.3. The van der Waals surface area contributed by atoms with Crippen LogP contribution in [-0.4, -0.2) is 36.0 Å². The summed E-state index contributed by atoms with van der Waals surface area (Å²) in [6.07, 6.45) is 11.0. The highest BCUT2D eigenvalue weighted by Gasteiger charge is 2.32. The van der Waals surface area contributed by atoms with Gasteiger partial charge in [-0.2, -0.15) is 0 Å². The molecule has 0 aromatic carbocycles. The molecule has 0 radical (unpaired) electrons. The summed E-state index contributed by atoms with van der Waals surface area (Å²) in [5.74, 6) is 0. The third kappa shape index (κ3) is 3.27. The summed E-state index contributed by atoms with van der Waals surface area (Å²) >= 11 is 0. The molecular weight excluding hydrogens is 208 g/mol. The second-order valence-corrected chi connectivity index (χ2v) is 5.46. The van der Waals surface area contributed by atoms with E-state index in [-0.39, 0.29) is 0 Å². The van der Waals surface area contributed by atoms with Crippen LogP contribution in [0.3, 0.4) is 0 Å². The summed E-state index contributed by atoms with van der Waals surface area (Å²) in [6.45, 7) is 7.07. The molecule has 0 spiro atoms. The molecule has 0 aromatic rings. The zero-order valence-corrected chi connectivity index (χ0v) is 11.6. The quantitative estimate of drug-likeness (QED) is 0.507. The summed E-state index contributed by atoms with van der Waals surface area (Å²) in [6, 6.07) is 0.766. The van der Waals surface area contributed by atoms with E-state index in [0.717, 1.165) is 6.04 Å². The standard InChI is InChI=1S/C15H26N2/c1-13-12-17(13)15-10-8-6-4-5-7-9-11-16(3)14(15)2/h4,6,13H,5,7-12H2,1-3H3. The first-order chi connectivity index (χ1) is 8.20. The predicted octanol–water partition coefficient (Wildman–Crippen LogP) is 3.37. The van der Waals surface area contributed by atoms with Crippen molar-refractivity contribution in [1.29, 1.82) is 0 Å². The SMILES string of the molecule is CC1=C(N2CC2C)CCC=CCCCCN1C. The van der Waals surface area contributed by atoms with Crippen LogP contribution in [0.2, 0.25) is 0 Å². The van der Waals surface area contributed by atoms with Crippen LogP contribution in [0.1, 0.15) is 46.0 Å². The Morgan fingerprint density at radius 1 is 1.18 bits per heavy atom. The van der Waals surface area contributed by atoms with Crippen LogP contribution in [0, 0.1) is 0 Å². The molecule has 0 aliphatic carbocycles. The van der Waals surface area contributed by atoms with Crippen molar-refractivity contribution in [2.45, 2.75) is 52.0 Å². The molecule has 0 aromatic heterocycles. The molecule has 0 saturated carbocycles. The Bertz CT molecular complexity index is 317. The fraction of sp³-hybridized carbons (Fsp3) is 0.733. The summed E-state index contributed by atoms with van der Waals surface area (Å²) in [4.78, 5) is 5.00. The molecule has 0 amide bonds. The summed E-state index contributed by atoms with van der Waals surface area (Å²) in [5.41, 5.74) is 3.07. The largest absolute Gasteiger partial charge is 0.377 e. The summed E-state index contributed by atoms with van der Waals surface area (Å²) in [7, 11) is 2.24. The molecule has 1 saturated heterocycles. The van der Waals surface area contributed by atoms with Crippen LogP contribution < -0.4 is 0 Å². The van der Waals surface area contributed by atoms with Gasteiger partial charge in [0.25, 0.3) is 0 Å². The lowest BCUT2D eigenvalue weighted by molar-refractivity contribution is 0.385. The van der Waals surface area contributed by atoms with E-state index in [0.29, 0.717) is 0 Å². The van der Waals surface area contributed by atoms with Crippen molar-refractivity contribution in [2.75, 3.05) is 20.1 Å². The summed E-state index contributed by atoms with van der Waals surface area (Å²) in [5, 5.41) is 0. The maximum Gasteiger partial charge on any atom is 0.0435 e. The van der Waals surface area contributed by atoms with Gasteiger partial charge in [0.2, 0.25) is 0 Å². The highest BCUT2D eigenvalue weighted by molar-refractivity contribution is 5.17. The van der Waals surface area contributed by atoms with Crippen molar-refractivity contribution in [3.63, 3.8) is 0 Å². The van der Waals surface area contributed by atoms with Crippen molar-refractivity contribution in [1.82, 2.24) is 9.80 Å². The predicted molar refractivity (Wildman–Crippen MR) is 73.7 cm³/mol. The van der Waals surface area contributed by atoms with Crippen molar-refractivity contribution in [2.24, 2.45) is 0 Å². The van der Waals surface area contributed by atoms with E-state index in [4.69, 9.17) is 0 Å². The molecule has 2 heteroatoms. The van der Waals surface area contributed by atoms with Crippen molar-refractivity contribution < 1.29 is 0 Å². The average molecular weight is 234 g/mol. The molecule has 2 aliphatic heterocycles. The van der Waals surface area contributed by atoms with Crippen LogP contribution in [0.4, 0.5) is 0 Å². The molecule has 2 heterocycles. The lowest BCUT2D eigenvalue weighted by Crippen LogP contribution is -2.21. The molecule has 1 atom stereocenters. The Hall–Kier alpha value is -0.920. The van der Waals surface area contributed by atoms with E-state index < -0.39 is 0 Å². The number of nitrogens with zero attached hydrogens (tertiary/aromatic N) is 2. The van der Waals surface area contributed by atoms with E-state index in [1.807, 2.05) is 0 Å². The van der Waals surface area contributed by atoms with E-state index in [1.54, 1.807) is 5.70 Å². The smallest absolute Gasteiger partial charge is 0.0435 e. The minimum atomic E-state index is 0.766. The number of allylic oxidation sites excluding steroid dienone is 4. The molecule has 1 fully saturated rings. The molecule has 0 bridgehead atoms. The van der Waals surface area contributed by atoms with Gasteiger partial charge in [-0.15, -0.1) is 0 Å². The normalized spacial score (nSPS) is 27.1. The van der Waals surface area contributed by atoms with Gasteiger partial charge in [-0.1, -0.05) is 12.2 Å².